The molecule has 4 nitrogen and oxygen atoms in total. The number of nitrogens with one attached hydrogen (secondary N) is 2. The molecule has 0 atom stereocenters. The van der Waals surface area contributed by atoms with Crippen LogP contribution in [0.15, 0.2) is 24.3 Å². The lowest BCUT2D eigenvalue weighted by Crippen LogP contribution is -2.39. The smallest absolute Gasteiger partial charge is 0.243 e. The lowest BCUT2D eigenvalue weighted by molar-refractivity contribution is -0.129. The Morgan fingerprint density at radius 1 is 1.28 bits per heavy atom. The molecule has 0 unspecified atom stereocenters. The Kier molecular flexibility index (Phi) is 3.97. The average molecular weight is 246 g/mol. The molecular weight excluding hydrogens is 228 g/mol. The Bertz CT molecular complexity index is 453. The van der Waals surface area contributed by atoms with Crippen molar-refractivity contribution >= 4 is 17.5 Å². The van der Waals surface area contributed by atoms with E-state index in [-0.39, 0.29) is 24.3 Å². The number of amides is 2. The summed E-state index contributed by atoms with van der Waals surface area (Å²) in [5.41, 5.74) is 1.80. The van der Waals surface area contributed by atoms with Gasteiger partial charge in [-0.3, -0.25) is 9.59 Å². The van der Waals surface area contributed by atoms with Crippen LogP contribution in [-0.4, -0.2) is 18.4 Å². The van der Waals surface area contributed by atoms with Crippen molar-refractivity contribution in [1.82, 2.24) is 5.32 Å². The van der Waals surface area contributed by atoms with Crippen LogP contribution in [0.2, 0.25) is 0 Å². The van der Waals surface area contributed by atoms with Crippen molar-refractivity contribution in [2.24, 2.45) is 5.92 Å². The molecule has 0 aliphatic heterocycles. The van der Waals surface area contributed by atoms with E-state index in [1.165, 1.54) is 0 Å². The maximum atomic E-state index is 11.7. The Hall–Kier alpha value is -1.84. The van der Waals surface area contributed by atoms with Crippen molar-refractivity contribution in [1.29, 1.82) is 0 Å². The third-order valence-electron chi connectivity index (χ3n) is 3.32. The summed E-state index contributed by atoms with van der Waals surface area (Å²) in [6.07, 6.45) is 3.02. The third kappa shape index (κ3) is 3.09. The molecule has 1 aliphatic rings. The summed E-state index contributed by atoms with van der Waals surface area (Å²) < 4.78 is 0. The highest BCUT2D eigenvalue weighted by Crippen LogP contribution is 2.26. The van der Waals surface area contributed by atoms with Crippen LogP contribution in [0, 0.1) is 12.8 Å². The second-order valence-electron chi connectivity index (χ2n) is 4.71. The van der Waals surface area contributed by atoms with Gasteiger partial charge in [0.2, 0.25) is 11.8 Å². The van der Waals surface area contributed by atoms with Gasteiger partial charge in [-0.1, -0.05) is 24.6 Å². The summed E-state index contributed by atoms with van der Waals surface area (Å²) in [7, 11) is 0. The van der Waals surface area contributed by atoms with Gasteiger partial charge >= 0.3 is 0 Å². The number of carbonyl (C=O) groups is 2. The van der Waals surface area contributed by atoms with Gasteiger partial charge in [0.1, 0.15) is 0 Å². The zero-order valence-electron chi connectivity index (χ0n) is 10.5. The van der Waals surface area contributed by atoms with E-state index in [4.69, 9.17) is 0 Å². The number of benzene rings is 1. The molecule has 0 heterocycles. The van der Waals surface area contributed by atoms with E-state index >= 15 is 0 Å². The number of carbonyl (C=O) groups excluding carboxylic acids is 2. The summed E-state index contributed by atoms with van der Waals surface area (Å²) >= 11 is 0. The van der Waals surface area contributed by atoms with Crippen LogP contribution in [0.5, 0.6) is 0 Å². The van der Waals surface area contributed by atoms with Gasteiger partial charge in [-0.25, -0.2) is 0 Å². The Balaban J connectivity index is 1.78. The molecule has 18 heavy (non-hydrogen) atoms. The maximum absolute atomic E-state index is 11.7. The average Bonchev–Trinajstić information content (AvgIpc) is 2.27. The molecule has 2 N–H and O–H groups in total. The first kappa shape index (κ1) is 12.6. The van der Waals surface area contributed by atoms with Crippen molar-refractivity contribution < 1.29 is 9.59 Å². The number of rotatable bonds is 4. The van der Waals surface area contributed by atoms with Crippen molar-refractivity contribution in [3.05, 3.63) is 29.8 Å². The molecule has 0 radical (unpaired) electrons. The van der Waals surface area contributed by atoms with Crippen LogP contribution in [-0.2, 0) is 9.59 Å². The molecule has 0 spiro atoms. The predicted molar refractivity (Wildman–Crippen MR) is 70.2 cm³/mol. The Morgan fingerprint density at radius 2 is 2.00 bits per heavy atom. The molecule has 2 amide bonds. The fraction of sp³-hybridized carbons (Fsp3) is 0.429. The van der Waals surface area contributed by atoms with E-state index in [0.717, 1.165) is 30.5 Å². The highest BCUT2D eigenvalue weighted by atomic mass is 16.2. The maximum Gasteiger partial charge on any atom is 0.243 e. The number of anilines is 1. The normalized spacial score (nSPS) is 14.7. The van der Waals surface area contributed by atoms with Gasteiger partial charge in [-0.15, -0.1) is 0 Å². The molecule has 4 heteroatoms. The highest BCUT2D eigenvalue weighted by Gasteiger charge is 2.25. The van der Waals surface area contributed by atoms with Crippen molar-refractivity contribution in [2.75, 3.05) is 11.9 Å². The largest absolute Gasteiger partial charge is 0.347 e. The molecule has 1 aromatic carbocycles. The molecule has 96 valence electrons. The Morgan fingerprint density at radius 3 is 2.61 bits per heavy atom. The quantitative estimate of drug-likeness (QED) is 0.851. The van der Waals surface area contributed by atoms with Crippen LogP contribution >= 0.6 is 0 Å². The second-order valence-corrected chi connectivity index (χ2v) is 4.71. The van der Waals surface area contributed by atoms with Gasteiger partial charge in [0.05, 0.1) is 6.54 Å². The molecule has 1 fully saturated rings. The molecule has 1 aliphatic carbocycles. The van der Waals surface area contributed by atoms with Crippen LogP contribution < -0.4 is 10.6 Å². The van der Waals surface area contributed by atoms with Crippen LogP contribution in [0.4, 0.5) is 5.69 Å². The minimum absolute atomic E-state index is 0.00110. The lowest BCUT2D eigenvalue weighted by atomic mass is 9.85. The van der Waals surface area contributed by atoms with Crippen molar-refractivity contribution in [2.45, 2.75) is 26.2 Å². The van der Waals surface area contributed by atoms with E-state index in [1.807, 2.05) is 31.2 Å². The molecular formula is C14H18N2O2. The first-order valence-electron chi connectivity index (χ1n) is 6.30. The van der Waals surface area contributed by atoms with Gasteiger partial charge in [-0.2, -0.15) is 0 Å². The number of hydrogen-bond donors (Lipinski definition) is 2. The first-order valence-corrected chi connectivity index (χ1v) is 6.30. The molecule has 2 rings (SSSR count). The van der Waals surface area contributed by atoms with E-state index < -0.39 is 0 Å². The third-order valence-corrected chi connectivity index (χ3v) is 3.32. The summed E-state index contributed by atoms with van der Waals surface area (Å²) in [6.45, 7) is 1.98. The predicted octanol–water partition coefficient (Wildman–Crippen LogP) is 1.85. The van der Waals surface area contributed by atoms with Gasteiger partial charge in [0.15, 0.2) is 0 Å². The van der Waals surface area contributed by atoms with Gasteiger partial charge in [0, 0.05) is 11.6 Å². The van der Waals surface area contributed by atoms with Crippen LogP contribution in [0.1, 0.15) is 24.8 Å². The van der Waals surface area contributed by atoms with Crippen molar-refractivity contribution in [3.8, 4) is 0 Å². The van der Waals surface area contributed by atoms with E-state index in [1.54, 1.807) is 0 Å². The minimum Gasteiger partial charge on any atom is -0.347 e. The summed E-state index contributed by atoms with van der Waals surface area (Å²) in [6, 6.07) is 7.57. The van der Waals surface area contributed by atoms with Crippen LogP contribution in [0.25, 0.3) is 0 Å². The Labute approximate surface area is 107 Å². The summed E-state index contributed by atoms with van der Waals surface area (Å²) in [5.74, 6) is -0.0607. The monoisotopic (exact) mass is 246 g/mol. The number of para-hydroxylation sites is 1. The van der Waals surface area contributed by atoms with Gasteiger partial charge in [-0.05, 0) is 31.4 Å². The summed E-state index contributed by atoms with van der Waals surface area (Å²) in [5, 5.41) is 5.46. The van der Waals surface area contributed by atoms with Crippen LogP contribution in [0.3, 0.4) is 0 Å². The standard InChI is InChI=1S/C14H18N2O2/c1-10-5-2-3-8-12(10)16-13(17)9-15-14(18)11-6-4-7-11/h2-3,5,8,11H,4,6-7,9H2,1H3,(H,15,18)(H,16,17). The van der Waals surface area contributed by atoms with E-state index in [0.29, 0.717) is 0 Å². The zero-order valence-corrected chi connectivity index (χ0v) is 10.5. The first-order chi connectivity index (χ1) is 8.66. The van der Waals surface area contributed by atoms with E-state index in [2.05, 4.69) is 10.6 Å². The molecule has 0 bridgehead atoms. The zero-order chi connectivity index (χ0) is 13.0. The lowest BCUT2D eigenvalue weighted by Gasteiger charge is -2.23. The molecule has 0 saturated heterocycles. The summed E-state index contributed by atoms with van der Waals surface area (Å²) in [4.78, 5) is 23.2. The highest BCUT2D eigenvalue weighted by molar-refractivity contribution is 5.95. The van der Waals surface area contributed by atoms with Gasteiger partial charge in [0.25, 0.3) is 0 Å². The fourth-order valence-electron chi connectivity index (χ4n) is 1.89. The minimum atomic E-state index is -0.183. The number of aryl methyl sites for hydroxylation is 1. The SMILES string of the molecule is Cc1ccccc1NC(=O)CNC(=O)C1CCC1. The van der Waals surface area contributed by atoms with E-state index in [9.17, 15) is 9.59 Å². The molecule has 1 aromatic rings. The van der Waals surface area contributed by atoms with Crippen molar-refractivity contribution in [3.63, 3.8) is 0 Å². The number of hydrogen-bond acceptors (Lipinski definition) is 2. The molecule has 1 saturated carbocycles. The van der Waals surface area contributed by atoms with Gasteiger partial charge < -0.3 is 10.6 Å². The topological polar surface area (TPSA) is 58.2 Å². The second kappa shape index (κ2) is 5.67. The molecule has 0 aromatic heterocycles. The fourth-order valence-corrected chi connectivity index (χ4v) is 1.89.